The minimum atomic E-state index is -4.55. The summed E-state index contributed by atoms with van der Waals surface area (Å²) in [5, 5.41) is 9.01. The van der Waals surface area contributed by atoms with E-state index >= 15 is 0 Å². The molecule has 4 nitrogen and oxygen atoms in total. The molecule has 0 heterocycles. The molecule has 0 aromatic heterocycles. The number of hydrogen-bond donors (Lipinski definition) is 2. The summed E-state index contributed by atoms with van der Waals surface area (Å²) < 4.78 is 37.0. The molecule has 0 spiro atoms. The summed E-state index contributed by atoms with van der Waals surface area (Å²) in [6.07, 6.45) is -4.55. The van der Waals surface area contributed by atoms with Crippen LogP contribution in [0, 0.1) is 0 Å². The number of amides is 1. The summed E-state index contributed by atoms with van der Waals surface area (Å²) in [6, 6.07) is 3.89. The Hall–Kier alpha value is -1.47. The number of anilines is 1. The Balaban J connectivity index is 2.99. The lowest BCUT2D eigenvalue weighted by atomic mass is 10.1. The van der Waals surface area contributed by atoms with Crippen molar-refractivity contribution in [3.05, 3.63) is 28.8 Å². The predicted octanol–water partition coefficient (Wildman–Crippen LogP) is 1.92. The van der Waals surface area contributed by atoms with Gasteiger partial charge in [0.05, 0.1) is 12.2 Å². The fourth-order valence-corrected chi connectivity index (χ4v) is 1.67. The predicted molar refractivity (Wildman–Crippen MR) is 64.9 cm³/mol. The first-order valence-electron chi connectivity index (χ1n) is 5.26. The molecule has 0 atom stereocenters. The van der Waals surface area contributed by atoms with Crippen molar-refractivity contribution in [1.82, 2.24) is 4.90 Å². The van der Waals surface area contributed by atoms with E-state index in [0.717, 1.165) is 0 Å². The molecule has 3 N–H and O–H groups in total. The Labute approximate surface area is 112 Å². The molecule has 0 aliphatic carbocycles. The van der Waals surface area contributed by atoms with Crippen molar-refractivity contribution in [3.63, 3.8) is 0 Å². The van der Waals surface area contributed by atoms with Gasteiger partial charge in [0.1, 0.15) is 6.54 Å². The molecule has 0 bridgehead atoms. The fourth-order valence-electron chi connectivity index (χ4n) is 1.49. The maximum absolute atomic E-state index is 12.3. The van der Waals surface area contributed by atoms with Gasteiger partial charge in [-0.25, -0.2) is 0 Å². The van der Waals surface area contributed by atoms with Crippen molar-refractivity contribution in [3.8, 4) is 0 Å². The summed E-state index contributed by atoms with van der Waals surface area (Å²) in [4.78, 5) is 12.4. The molecule has 1 aromatic carbocycles. The average Bonchev–Trinajstić information content (AvgIpc) is 2.26. The number of alkyl halides is 3. The van der Waals surface area contributed by atoms with Gasteiger partial charge in [0.25, 0.3) is 5.91 Å². The minimum Gasteiger partial charge on any atom is -0.398 e. The van der Waals surface area contributed by atoms with Crippen LogP contribution in [0.3, 0.4) is 0 Å². The van der Waals surface area contributed by atoms with E-state index in [-0.39, 0.29) is 16.3 Å². The third-order valence-corrected chi connectivity index (χ3v) is 2.51. The first-order chi connectivity index (χ1) is 8.74. The summed E-state index contributed by atoms with van der Waals surface area (Å²) in [7, 11) is 0. The Morgan fingerprint density at radius 2 is 2.05 bits per heavy atom. The lowest BCUT2D eigenvalue weighted by Gasteiger charge is -2.23. The highest BCUT2D eigenvalue weighted by Crippen LogP contribution is 2.22. The number of aliphatic hydroxyl groups excluding tert-OH is 1. The molecule has 1 amide bonds. The fraction of sp³-hybridized carbons (Fsp3) is 0.364. The largest absolute Gasteiger partial charge is 0.406 e. The first-order valence-corrected chi connectivity index (χ1v) is 5.64. The van der Waals surface area contributed by atoms with Crippen LogP contribution in [0.4, 0.5) is 18.9 Å². The molecule has 8 heteroatoms. The maximum atomic E-state index is 12.3. The van der Waals surface area contributed by atoms with E-state index in [1.807, 2.05) is 0 Å². The molecule has 0 saturated carbocycles. The van der Waals surface area contributed by atoms with Gasteiger partial charge < -0.3 is 15.7 Å². The van der Waals surface area contributed by atoms with E-state index in [1.165, 1.54) is 18.2 Å². The van der Waals surface area contributed by atoms with Crippen molar-refractivity contribution in [2.24, 2.45) is 0 Å². The topological polar surface area (TPSA) is 66.6 Å². The zero-order valence-electron chi connectivity index (χ0n) is 9.75. The van der Waals surface area contributed by atoms with Crippen LogP contribution in [0.5, 0.6) is 0 Å². The number of nitrogens with zero attached hydrogens (tertiary/aromatic N) is 1. The number of benzene rings is 1. The smallest absolute Gasteiger partial charge is 0.398 e. The van der Waals surface area contributed by atoms with Gasteiger partial charge in [0.15, 0.2) is 0 Å². The molecule has 0 aliphatic rings. The first kappa shape index (κ1) is 15.6. The van der Waals surface area contributed by atoms with E-state index in [9.17, 15) is 18.0 Å². The van der Waals surface area contributed by atoms with Gasteiger partial charge in [-0.15, -0.1) is 0 Å². The molecule has 0 radical (unpaired) electrons. The number of halogens is 4. The van der Waals surface area contributed by atoms with Gasteiger partial charge >= 0.3 is 6.18 Å². The van der Waals surface area contributed by atoms with Crippen molar-refractivity contribution in [2.75, 3.05) is 25.4 Å². The van der Waals surface area contributed by atoms with Crippen LogP contribution in [-0.4, -0.2) is 41.8 Å². The van der Waals surface area contributed by atoms with Gasteiger partial charge in [-0.1, -0.05) is 11.6 Å². The zero-order valence-corrected chi connectivity index (χ0v) is 10.5. The van der Waals surface area contributed by atoms with E-state index in [4.69, 9.17) is 22.4 Å². The molecule has 0 fully saturated rings. The summed E-state index contributed by atoms with van der Waals surface area (Å²) in [6.45, 7) is -2.45. The minimum absolute atomic E-state index is 0.0115. The normalized spacial score (nSPS) is 11.4. The Morgan fingerprint density at radius 3 is 2.53 bits per heavy atom. The number of carbonyl (C=O) groups is 1. The molecular weight excluding hydrogens is 285 g/mol. The number of carbonyl (C=O) groups excluding carboxylic acids is 1. The third kappa shape index (κ3) is 4.60. The highest BCUT2D eigenvalue weighted by Gasteiger charge is 2.33. The SMILES string of the molecule is Nc1cc(Cl)ccc1C(=O)N(CCO)CC(F)(F)F. The van der Waals surface area contributed by atoms with Crippen molar-refractivity contribution in [2.45, 2.75) is 6.18 Å². The Morgan fingerprint density at radius 1 is 1.42 bits per heavy atom. The number of hydrogen-bond acceptors (Lipinski definition) is 3. The molecule has 19 heavy (non-hydrogen) atoms. The number of nitrogen functional groups attached to an aromatic ring is 1. The van der Waals surface area contributed by atoms with Crippen LogP contribution in [0.2, 0.25) is 5.02 Å². The molecule has 106 valence electrons. The summed E-state index contributed by atoms with van der Waals surface area (Å²) >= 11 is 5.64. The van der Waals surface area contributed by atoms with Crippen molar-refractivity contribution >= 4 is 23.2 Å². The molecule has 1 rings (SSSR count). The van der Waals surface area contributed by atoms with Crippen LogP contribution >= 0.6 is 11.6 Å². The van der Waals surface area contributed by atoms with Gasteiger partial charge in [0.2, 0.25) is 0 Å². The van der Waals surface area contributed by atoms with Crippen LogP contribution < -0.4 is 5.73 Å². The van der Waals surface area contributed by atoms with E-state index in [0.29, 0.717) is 4.90 Å². The van der Waals surface area contributed by atoms with Crippen LogP contribution in [0.15, 0.2) is 18.2 Å². The molecule has 0 saturated heterocycles. The second-order valence-electron chi connectivity index (χ2n) is 3.80. The van der Waals surface area contributed by atoms with E-state index < -0.39 is 31.8 Å². The summed E-state index contributed by atoms with van der Waals surface area (Å²) in [5.74, 6) is -0.902. The van der Waals surface area contributed by atoms with Gasteiger partial charge in [-0.05, 0) is 18.2 Å². The van der Waals surface area contributed by atoms with Gasteiger partial charge in [-0.2, -0.15) is 13.2 Å². The number of rotatable bonds is 4. The maximum Gasteiger partial charge on any atom is 0.406 e. The molecule has 1 aromatic rings. The highest BCUT2D eigenvalue weighted by atomic mass is 35.5. The van der Waals surface area contributed by atoms with Crippen molar-refractivity contribution in [1.29, 1.82) is 0 Å². The zero-order chi connectivity index (χ0) is 14.6. The van der Waals surface area contributed by atoms with Gasteiger partial charge in [-0.3, -0.25) is 4.79 Å². The third-order valence-electron chi connectivity index (χ3n) is 2.27. The quantitative estimate of drug-likeness (QED) is 0.834. The second kappa shape index (κ2) is 6.12. The van der Waals surface area contributed by atoms with E-state index in [2.05, 4.69) is 0 Å². The molecule has 0 aliphatic heterocycles. The number of aliphatic hydroxyl groups is 1. The average molecular weight is 297 g/mol. The lowest BCUT2D eigenvalue weighted by molar-refractivity contribution is -0.141. The monoisotopic (exact) mass is 296 g/mol. The highest BCUT2D eigenvalue weighted by molar-refractivity contribution is 6.31. The van der Waals surface area contributed by atoms with Crippen LogP contribution in [-0.2, 0) is 0 Å². The van der Waals surface area contributed by atoms with Gasteiger partial charge in [0, 0.05) is 17.3 Å². The van der Waals surface area contributed by atoms with E-state index in [1.54, 1.807) is 0 Å². The second-order valence-corrected chi connectivity index (χ2v) is 4.23. The molecular formula is C11H12ClF3N2O2. The standard InChI is InChI=1S/C11H12ClF3N2O2/c12-7-1-2-8(9(16)5-7)10(19)17(3-4-18)6-11(13,14)15/h1-2,5,18H,3-4,6,16H2. The summed E-state index contributed by atoms with van der Waals surface area (Å²) in [5.41, 5.74) is 5.45. The Kier molecular flexibility index (Phi) is 5.02. The molecule has 0 unspecified atom stereocenters. The Bertz CT molecular complexity index is 466. The van der Waals surface area contributed by atoms with Crippen molar-refractivity contribution < 1.29 is 23.1 Å². The lowest BCUT2D eigenvalue weighted by Crippen LogP contribution is -2.40. The van der Waals surface area contributed by atoms with Crippen LogP contribution in [0.1, 0.15) is 10.4 Å². The van der Waals surface area contributed by atoms with Crippen LogP contribution in [0.25, 0.3) is 0 Å². The number of nitrogens with two attached hydrogens (primary N) is 1.